The van der Waals surface area contributed by atoms with Crippen LogP contribution in [0.4, 0.5) is 0 Å². The molecule has 0 spiro atoms. The minimum Gasteiger partial charge on any atom is -0.374 e. The number of amides is 1. The fourth-order valence-corrected chi connectivity index (χ4v) is 3.45. The van der Waals surface area contributed by atoms with Crippen molar-refractivity contribution in [1.82, 2.24) is 15.1 Å². The van der Waals surface area contributed by atoms with Crippen molar-refractivity contribution in [3.05, 3.63) is 58.4 Å². The second-order valence-electron chi connectivity index (χ2n) is 6.17. The number of rotatable bonds is 5. The molecular formula is C18H19Cl2N3O2. The van der Waals surface area contributed by atoms with Crippen LogP contribution in [0.15, 0.2) is 42.7 Å². The van der Waals surface area contributed by atoms with Gasteiger partial charge in [-0.05, 0) is 31.5 Å². The molecule has 1 fully saturated rings. The van der Waals surface area contributed by atoms with Gasteiger partial charge in [-0.2, -0.15) is 5.10 Å². The number of hydrogen-bond acceptors (Lipinski definition) is 3. The molecule has 1 aromatic heterocycles. The lowest BCUT2D eigenvalue weighted by Gasteiger charge is -2.18. The Bertz CT molecular complexity index is 803. The van der Waals surface area contributed by atoms with Crippen LogP contribution in [0.3, 0.4) is 0 Å². The summed E-state index contributed by atoms with van der Waals surface area (Å²) in [6, 6.07) is 5.12. The van der Waals surface area contributed by atoms with Crippen LogP contribution in [0, 0.1) is 5.92 Å². The Labute approximate surface area is 156 Å². The van der Waals surface area contributed by atoms with Crippen LogP contribution in [0.2, 0.25) is 10.0 Å². The number of nitrogens with one attached hydrogen (secondary N) is 1. The van der Waals surface area contributed by atoms with Crippen molar-refractivity contribution in [2.45, 2.75) is 19.4 Å². The summed E-state index contributed by atoms with van der Waals surface area (Å²) in [4.78, 5) is 12.4. The van der Waals surface area contributed by atoms with Crippen molar-refractivity contribution >= 4 is 29.1 Å². The third-order valence-corrected chi connectivity index (χ3v) is 4.76. The molecule has 2 atom stereocenters. The molecule has 2 heterocycles. The maximum absolute atomic E-state index is 12.4. The molecular weight excluding hydrogens is 361 g/mol. The van der Waals surface area contributed by atoms with Gasteiger partial charge >= 0.3 is 0 Å². The smallest absolute Gasteiger partial charge is 0.254 e. The molecule has 0 bridgehead atoms. The second-order valence-corrected chi connectivity index (χ2v) is 7.01. The molecule has 2 aromatic rings. The van der Waals surface area contributed by atoms with E-state index in [0.717, 1.165) is 12.0 Å². The van der Waals surface area contributed by atoms with E-state index in [1.807, 2.05) is 6.92 Å². The van der Waals surface area contributed by atoms with Crippen LogP contribution in [0.25, 0.3) is 5.69 Å². The fourth-order valence-electron chi connectivity index (χ4n) is 2.95. The van der Waals surface area contributed by atoms with E-state index in [-0.39, 0.29) is 17.9 Å². The molecule has 0 saturated carbocycles. The number of carbonyl (C=O) groups is 1. The van der Waals surface area contributed by atoms with E-state index in [2.05, 4.69) is 17.0 Å². The van der Waals surface area contributed by atoms with E-state index in [0.29, 0.717) is 34.4 Å². The van der Waals surface area contributed by atoms with Gasteiger partial charge in [0.25, 0.3) is 5.91 Å². The van der Waals surface area contributed by atoms with E-state index < -0.39 is 0 Å². The molecule has 3 rings (SSSR count). The van der Waals surface area contributed by atoms with Crippen LogP contribution in [0.1, 0.15) is 23.7 Å². The van der Waals surface area contributed by atoms with Gasteiger partial charge in [0.1, 0.15) is 0 Å². The van der Waals surface area contributed by atoms with Gasteiger partial charge in [0.15, 0.2) is 0 Å². The van der Waals surface area contributed by atoms with Gasteiger partial charge in [-0.15, -0.1) is 0 Å². The van der Waals surface area contributed by atoms with Crippen LogP contribution in [-0.4, -0.2) is 34.9 Å². The Morgan fingerprint density at radius 2 is 2.28 bits per heavy atom. The topological polar surface area (TPSA) is 56.1 Å². The summed E-state index contributed by atoms with van der Waals surface area (Å²) in [5, 5.41) is 8.17. The summed E-state index contributed by atoms with van der Waals surface area (Å²) in [7, 11) is 0. The summed E-state index contributed by atoms with van der Waals surface area (Å²) >= 11 is 12.1. The second kappa shape index (κ2) is 7.60. The predicted octanol–water partition coefficient (Wildman–Crippen LogP) is 3.89. The van der Waals surface area contributed by atoms with Crippen LogP contribution in [0.5, 0.6) is 0 Å². The van der Waals surface area contributed by atoms with Crippen molar-refractivity contribution in [1.29, 1.82) is 0 Å². The van der Waals surface area contributed by atoms with Crippen molar-refractivity contribution in [2.24, 2.45) is 5.92 Å². The minimum atomic E-state index is -0.177. The van der Waals surface area contributed by atoms with Crippen LogP contribution >= 0.6 is 23.2 Å². The van der Waals surface area contributed by atoms with Crippen LogP contribution in [-0.2, 0) is 4.74 Å². The Balaban J connectivity index is 1.66. The average molecular weight is 380 g/mol. The lowest BCUT2D eigenvalue weighted by atomic mass is 9.97. The van der Waals surface area contributed by atoms with Gasteiger partial charge in [-0.25, -0.2) is 4.68 Å². The molecule has 1 aliphatic rings. The van der Waals surface area contributed by atoms with Gasteiger partial charge in [0.05, 0.1) is 28.6 Å². The van der Waals surface area contributed by atoms with Gasteiger partial charge in [0.2, 0.25) is 0 Å². The molecule has 1 amide bonds. The Hall–Kier alpha value is -1.82. The normalized spacial score (nSPS) is 19.8. The first-order valence-electron chi connectivity index (χ1n) is 8.01. The van der Waals surface area contributed by atoms with Crippen molar-refractivity contribution in [3.8, 4) is 5.69 Å². The molecule has 1 aliphatic heterocycles. The third-order valence-electron chi connectivity index (χ3n) is 4.23. The molecule has 1 saturated heterocycles. The number of benzene rings is 1. The highest BCUT2D eigenvalue weighted by molar-refractivity contribution is 6.35. The number of halogens is 2. The molecule has 0 unspecified atom stereocenters. The van der Waals surface area contributed by atoms with Gasteiger partial charge < -0.3 is 10.1 Å². The first-order chi connectivity index (χ1) is 12.0. The molecule has 1 aromatic carbocycles. The molecule has 0 radical (unpaired) electrons. The zero-order valence-electron chi connectivity index (χ0n) is 13.8. The molecule has 0 aliphatic carbocycles. The summed E-state index contributed by atoms with van der Waals surface area (Å²) in [6.45, 7) is 7.14. The van der Waals surface area contributed by atoms with Crippen LogP contribution < -0.4 is 5.32 Å². The lowest BCUT2D eigenvalue weighted by Crippen LogP contribution is -2.33. The highest BCUT2D eigenvalue weighted by Crippen LogP contribution is 2.26. The summed E-state index contributed by atoms with van der Waals surface area (Å²) in [6.07, 6.45) is 4.08. The molecule has 7 heteroatoms. The predicted molar refractivity (Wildman–Crippen MR) is 98.6 cm³/mol. The number of carbonyl (C=O) groups excluding carboxylic acids is 1. The average Bonchev–Trinajstić information content (AvgIpc) is 3.22. The van der Waals surface area contributed by atoms with E-state index in [4.69, 9.17) is 27.9 Å². The molecule has 1 N–H and O–H groups in total. The summed E-state index contributed by atoms with van der Waals surface area (Å²) in [5.41, 5.74) is 2.12. The SMILES string of the molecule is C=C(C)[C@H]1OCC[C@H]1CNC(=O)c1cnn(-c2ccc(Cl)cc2Cl)c1. The highest BCUT2D eigenvalue weighted by Gasteiger charge is 2.29. The van der Waals surface area contributed by atoms with E-state index in [1.54, 1.807) is 29.1 Å². The van der Waals surface area contributed by atoms with Gasteiger partial charge in [-0.3, -0.25) is 4.79 Å². The molecule has 5 nitrogen and oxygen atoms in total. The summed E-state index contributed by atoms with van der Waals surface area (Å²) < 4.78 is 7.22. The van der Waals surface area contributed by atoms with E-state index >= 15 is 0 Å². The first kappa shape index (κ1) is 18.0. The monoisotopic (exact) mass is 379 g/mol. The minimum absolute atomic E-state index is 0.0101. The van der Waals surface area contributed by atoms with E-state index in [9.17, 15) is 4.79 Å². The lowest BCUT2D eigenvalue weighted by molar-refractivity contribution is 0.0926. The zero-order chi connectivity index (χ0) is 18.0. The highest BCUT2D eigenvalue weighted by atomic mass is 35.5. The number of hydrogen-bond donors (Lipinski definition) is 1. The standard InChI is InChI=1S/C18H19Cl2N3O2/c1-11(2)17-12(5-6-25-17)8-21-18(24)13-9-22-23(10-13)16-4-3-14(19)7-15(16)20/h3-4,7,9-10,12,17H,1,5-6,8H2,2H3,(H,21,24)/t12-,17+/m0/s1. The third kappa shape index (κ3) is 4.06. The van der Waals surface area contributed by atoms with Gasteiger partial charge in [0, 0.05) is 30.3 Å². The maximum Gasteiger partial charge on any atom is 0.254 e. The molecule has 132 valence electrons. The molecule has 25 heavy (non-hydrogen) atoms. The number of ether oxygens (including phenoxy) is 1. The fraction of sp³-hybridized carbons (Fsp3) is 0.333. The zero-order valence-corrected chi connectivity index (χ0v) is 15.3. The summed E-state index contributed by atoms with van der Waals surface area (Å²) in [5.74, 6) is 0.0749. The Morgan fingerprint density at radius 1 is 1.48 bits per heavy atom. The first-order valence-corrected chi connectivity index (χ1v) is 8.76. The largest absolute Gasteiger partial charge is 0.374 e. The Kier molecular flexibility index (Phi) is 5.47. The number of nitrogens with zero attached hydrogens (tertiary/aromatic N) is 2. The Morgan fingerprint density at radius 3 is 3.00 bits per heavy atom. The van der Waals surface area contributed by atoms with E-state index in [1.165, 1.54) is 6.20 Å². The van der Waals surface area contributed by atoms with Crippen molar-refractivity contribution in [3.63, 3.8) is 0 Å². The van der Waals surface area contributed by atoms with Crippen molar-refractivity contribution < 1.29 is 9.53 Å². The van der Waals surface area contributed by atoms with Gasteiger partial charge in [-0.1, -0.05) is 35.4 Å². The quantitative estimate of drug-likeness (QED) is 0.801. The maximum atomic E-state index is 12.4. The number of aromatic nitrogens is 2. The van der Waals surface area contributed by atoms with Crippen molar-refractivity contribution in [2.75, 3.05) is 13.2 Å².